The van der Waals surface area contributed by atoms with Crippen LogP contribution < -0.4 is 5.32 Å². The average Bonchev–Trinajstić information content (AvgIpc) is 3.07. The molecule has 3 aromatic carbocycles. The fourth-order valence-electron chi connectivity index (χ4n) is 6.20. The lowest BCUT2D eigenvalue weighted by Crippen LogP contribution is -2.43. The van der Waals surface area contributed by atoms with Crippen LogP contribution in [0.4, 0.5) is 4.79 Å². The van der Waals surface area contributed by atoms with Gasteiger partial charge in [0, 0.05) is 19.6 Å². The Morgan fingerprint density at radius 2 is 1.55 bits per heavy atom. The first kappa shape index (κ1) is 33.9. The molecular formula is C39H47N3O5. The van der Waals surface area contributed by atoms with Crippen LogP contribution in [0.1, 0.15) is 68.2 Å². The number of esters is 1. The molecule has 2 aliphatic heterocycles. The molecule has 1 saturated heterocycles. The Labute approximate surface area is 278 Å². The predicted octanol–water partition coefficient (Wildman–Crippen LogP) is 6.41. The maximum absolute atomic E-state index is 13.8. The summed E-state index contributed by atoms with van der Waals surface area (Å²) in [5.41, 5.74) is 4.64. The van der Waals surface area contributed by atoms with Crippen LogP contribution in [0.15, 0.2) is 91.0 Å². The van der Waals surface area contributed by atoms with Gasteiger partial charge < -0.3 is 19.7 Å². The lowest BCUT2D eigenvalue weighted by atomic mass is 9.88. The highest BCUT2D eigenvalue weighted by molar-refractivity contribution is 5.84. The van der Waals surface area contributed by atoms with E-state index in [1.807, 2.05) is 60.7 Å². The number of hydrogen-bond acceptors (Lipinski definition) is 6. The molecule has 5 rings (SSSR count). The minimum atomic E-state index is -0.624. The third-order valence-electron chi connectivity index (χ3n) is 8.72. The van der Waals surface area contributed by atoms with Crippen molar-refractivity contribution in [2.75, 3.05) is 39.3 Å². The fraction of sp³-hybridized carbons (Fsp3) is 0.410. The summed E-state index contributed by atoms with van der Waals surface area (Å²) in [4.78, 5) is 42.6. The highest BCUT2D eigenvalue weighted by Crippen LogP contribution is 2.31. The molecule has 0 spiro atoms. The number of likely N-dealkylation sites (tertiary alicyclic amines) is 1. The van der Waals surface area contributed by atoms with E-state index in [2.05, 4.69) is 40.5 Å². The lowest BCUT2D eigenvalue weighted by Gasteiger charge is -2.32. The van der Waals surface area contributed by atoms with Gasteiger partial charge in [0.15, 0.2) is 0 Å². The number of rotatable bonds is 10. The lowest BCUT2D eigenvalue weighted by molar-refractivity contribution is -0.146. The summed E-state index contributed by atoms with van der Waals surface area (Å²) >= 11 is 0. The Kier molecular flexibility index (Phi) is 11.5. The van der Waals surface area contributed by atoms with E-state index in [9.17, 15) is 14.4 Å². The number of hydrogen-bond donors (Lipinski definition) is 1. The summed E-state index contributed by atoms with van der Waals surface area (Å²) < 4.78 is 11.3. The Morgan fingerprint density at radius 1 is 0.872 bits per heavy atom. The SMILES string of the molecule is CC(C)(C)OC(=O)NCC(=O)N1CC=C(c2cccc(C(C(=O)OCC3CCN(Cc4ccccc4)CC3)c3ccccc3)c2)CC1. The second-order valence-corrected chi connectivity index (χ2v) is 13.5. The van der Waals surface area contributed by atoms with Crippen molar-refractivity contribution >= 4 is 23.5 Å². The van der Waals surface area contributed by atoms with Crippen molar-refractivity contribution in [3.05, 3.63) is 113 Å². The molecule has 2 amide bonds. The van der Waals surface area contributed by atoms with Crippen molar-refractivity contribution in [2.24, 2.45) is 5.92 Å². The summed E-state index contributed by atoms with van der Waals surface area (Å²) in [5.74, 6) is -0.567. The van der Waals surface area contributed by atoms with Crippen molar-refractivity contribution in [1.82, 2.24) is 15.1 Å². The Balaban J connectivity index is 1.19. The molecule has 0 saturated carbocycles. The first-order valence-electron chi connectivity index (χ1n) is 16.7. The largest absolute Gasteiger partial charge is 0.465 e. The zero-order chi connectivity index (χ0) is 33.2. The van der Waals surface area contributed by atoms with Crippen LogP contribution in [0.25, 0.3) is 5.57 Å². The van der Waals surface area contributed by atoms with Gasteiger partial charge in [-0.2, -0.15) is 0 Å². The number of amides is 2. The first-order valence-corrected chi connectivity index (χ1v) is 16.7. The molecule has 1 atom stereocenters. The van der Waals surface area contributed by atoms with Gasteiger partial charge in [-0.15, -0.1) is 0 Å². The Bertz CT molecular complexity index is 1520. The van der Waals surface area contributed by atoms with E-state index in [0.717, 1.165) is 54.7 Å². The first-order chi connectivity index (χ1) is 22.6. The number of nitrogens with zero attached hydrogens (tertiary/aromatic N) is 2. The molecule has 0 aliphatic carbocycles. The van der Waals surface area contributed by atoms with Crippen LogP contribution in [0.3, 0.4) is 0 Å². The number of benzene rings is 3. The fourth-order valence-corrected chi connectivity index (χ4v) is 6.20. The zero-order valence-electron chi connectivity index (χ0n) is 27.8. The van der Waals surface area contributed by atoms with Crippen LogP contribution in [0, 0.1) is 5.92 Å². The van der Waals surface area contributed by atoms with E-state index >= 15 is 0 Å². The highest BCUT2D eigenvalue weighted by Gasteiger charge is 2.28. The van der Waals surface area contributed by atoms with Gasteiger partial charge in [0.1, 0.15) is 18.1 Å². The molecular weight excluding hydrogens is 590 g/mol. The molecule has 2 aliphatic rings. The molecule has 0 radical (unpaired) electrons. The van der Waals surface area contributed by atoms with Crippen molar-refractivity contribution in [3.8, 4) is 0 Å². The minimum Gasteiger partial charge on any atom is -0.465 e. The van der Waals surface area contributed by atoms with E-state index in [1.54, 1.807) is 25.7 Å². The van der Waals surface area contributed by atoms with Crippen molar-refractivity contribution < 1.29 is 23.9 Å². The van der Waals surface area contributed by atoms with Gasteiger partial charge >= 0.3 is 12.1 Å². The van der Waals surface area contributed by atoms with Crippen molar-refractivity contribution in [2.45, 2.75) is 58.1 Å². The third-order valence-corrected chi connectivity index (χ3v) is 8.72. The van der Waals surface area contributed by atoms with Crippen LogP contribution in [0.5, 0.6) is 0 Å². The minimum absolute atomic E-state index is 0.110. The molecule has 8 nitrogen and oxygen atoms in total. The second kappa shape index (κ2) is 15.9. The number of nitrogens with one attached hydrogen (secondary N) is 1. The molecule has 2 heterocycles. The number of piperidine rings is 1. The second-order valence-electron chi connectivity index (χ2n) is 13.5. The molecule has 0 bridgehead atoms. The van der Waals surface area contributed by atoms with E-state index < -0.39 is 17.6 Å². The van der Waals surface area contributed by atoms with E-state index in [0.29, 0.717) is 32.0 Å². The molecule has 8 heteroatoms. The van der Waals surface area contributed by atoms with Crippen molar-refractivity contribution in [3.63, 3.8) is 0 Å². The van der Waals surface area contributed by atoms with Crippen molar-refractivity contribution in [1.29, 1.82) is 0 Å². The number of alkyl carbamates (subject to hydrolysis) is 1. The summed E-state index contributed by atoms with van der Waals surface area (Å²) in [6.07, 6.45) is 4.14. The normalized spacial score (nSPS) is 16.6. The molecule has 0 aromatic heterocycles. The highest BCUT2D eigenvalue weighted by atomic mass is 16.6. The van der Waals surface area contributed by atoms with E-state index in [1.165, 1.54) is 5.56 Å². The molecule has 1 fully saturated rings. The van der Waals surface area contributed by atoms with Crippen LogP contribution in [-0.2, 0) is 25.6 Å². The molecule has 1 N–H and O–H groups in total. The smallest absolute Gasteiger partial charge is 0.408 e. The summed E-state index contributed by atoms with van der Waals surface area (Å²) in [5, 5.41) is 2.55. The molecule has 248 valence electrons. The van der Waals surface area contributed by atoms with Gasteiger partial charge in [0.05, 0.1) is 6.61 Å². The maximum atomic E-state index is 13.8. The summed E-state index contributed by atoms with van der Waals surface area (Å²) in [7, 11) is 0. The zero-order valence-corrected chi connectivity index (χ0v) is 27.8. The quantitative estimate of drug-likeness (QED) is 0.259. The maximum Gasteiger partial charge on any atom is 0.408 e. The van der Waals surface area contributed by atoms with Gasteiger partial charge in [-0.1, -0.05) is 91.0 Å². The van der Waals surface area contributed by atoms with Gasteiger partial charge in [-0.05, 0) is 86.9 Å². The average molecular weight is 638 g/mol. The van der Waals surface area contributed by atoms with Gasteiger partial charge in [0.2, 0.25) is 5.91 Å². The summed E-state index contributed by atoms with van der Waals surface area (Å²) in [6.45, 7) is 9.60. The van der Waals surface area contributed by atoms with Crippen LogP contribution >= 0.6 is 0 Å². The summed E-state index contributed by atoms with van der Waals surface area (Å²) in [6, 6.07) is 28.5. The number of carbonyl (C=O) groups is 3. The van der Waals surface area contributed by atoms with Crippen LogP contribution in [0.2, 0.25) is 0 Å². The standard InChI is InChI=1S/C39H47N3O5/c1-39(2,3)47-38(45)40-26-35(43)42-23-19-31(20-24-42)33-15-10-16-34(25-33)36(32-13-8-5-9-14-32)37(44)46-28-30-17-21-41(22-18-30)27-29-11-6-4-7-12-29/h4-16,19,25,30,36H,17-18,20-24,26-28H2,1-3H3,(H,40,45). The van der Waals surface area contributed by atoms with Gasteiger partial charge in [-0.25, -0.2) is 4.79 Å². The van der Waals surface area contributed by atoms with Gasteiger partial charge in [0.25, 0.3) is 0 Å². The topological polar surface area (TPSA) is 88.2 Å². The molecule has 3 aromatic rings. The van der Waals surface area contributed by atoms with E-state index in [-0.39, 0.29) is 18.4 Å². The monoisotopic (exact) mass is 637 g/mol. The Morgan fingerprint density at radius 3 is 2.21 bits per heavy atom. The van der Waals surface area contributed by atoms with Crippen LogP contribution in [-0.4, -0.2) is 72.7 Å². The Hall–Kier alpha value is -4.43. The van der Waals surface area contributed by atoms with Gasteiger partial charge in [-0.3, -0.25) is 14.5 Å². The third kappa shape index (κ3) is 10.0. The number of carbonyl (C=O) groups excluding carboxylic acids is 3. The molecule has 47 heavy (non-hydrogen) atoms. The van der Waals surface area contributed by atoms with E-state index in [4.69, 9.17) is 9.47 Å². The molecule has 1 unspecified atom stereocenters. The number of ether oxygens (including phenoxy) is 2. The predicted molar refractivity (Wildman–Crippen MR) is 184 cm³/mol.